The summed E-state index contributed by atoms with van der Waals surface area (Å²) in [4.78, 5) is 7.11. The molecule has 0 bridgehead atoms. The number of rotatable bonds is 5. The number of benzene rings is 1. The molecule has 0 amide bonds. The van der Waals surface area contributed by atoms with Crippen molar-refractivity contribution in [2.45, 2.75) is 39.7 Å². The number of hydrogen-bond donors (Lipinski definition) is 2. The number of nitrogens with zero attached hydrogens (tertiary/aromatic N) is 3. The molecular formula is C20H25N5O. The summed E-state index contributed by atoms with van der Waals surface area (Å²) in [6.07, 6.45) is 2.59. The standard InChI is InChI=1S/C20H25N5O/c1-13(2)26-20-17-7-6-16(25-8-4-5-9-25)11-15(17)12-18(22-20)21-19-10-14(3)23-24-19/h6-7,10-13H,4-5,8-9H2,1-3H3,(H2,21,22,23,24). The Kier molecular flexibility index (Phi) is 4.41. The minimum atomic E-state index is 0.0619. The molecular weight excluding hydrogens is 326 g/mol. The highest BCUT2D eigenvalue weighted by Gasteiger charge is 2.15. The lowest BCUT2D eigenvalue weighted by atomic mass is 10.1. The molecule has 6 nitrogen and oxygen atoms in total. The van der Waals surface area contributed by atoms with Gasteiger partial charge in [-0.15, -0.1) is 0 Å². The molecule has 0 radical (unpaired) electrons. The molecule has 136 valence electrons. The predicted octanol–water partition coefficient (Wildman–Crippen LogP) is 4.40. The normalized spacial score (nSPS) is 14.4. The van der Waals surface area contributed by atoms with Crippen LogP contribution in [0.15, 0.2) is 30.3 Å². The van der Waals surface area contributed by atoms with Crippen molar-refractivity contribution in [3.63, 3.8) is 0 Å². The molecule has 1 fully saturated rings. The van der Waals surface area contributed by atoms with E-state index in [1.54, 1.807) is 0 Å². The van der Waals surface area contributed by atoms with E-state index in [9.17, 15) is 0 Å². The highest BCUT2D eigenvalue weighted by molar-refractivity contribution is 5.92. The molecule has 0 spiro atoms. The van der Waals surface area contributed by atoms with E-state index in [4.69, 9.17) is 4.74 Å². The van der Waals surface area contributed by atoms with Crippen LogP contribution in [0.2, 0.25) is 0 Å². The van der Waals surface area contributed by atoms with Crippen LogP contribution in [0.4, 0.5) is 17.3 Å². The molecule has 1 aromatic carbocycles. The molecule has 1 aliphatic rings. The number of H-pyrrole nitrogens is 1. The summed E-state index contributed by atoms with van der Waals surface area (Å²) in [7, 11) is 0. The van der Waals surface area contributed by atoms with Gasteiger partial charge in [0.15, 0.2) is 5.82 Å². The van der Waals surface area contributed by atoms with E-state index in [2.05, 4.69) is 49.7 Å². The van der Waals surface area contributed by atoms with E-state index < -0.39 is 0 Å². The number of aryl methyl sites for hydroxylation is 1. The fourth-order valence-electron chi connectivity index (χ4n) is 3.38. The van der Waals surface area contributed by atoms with Crippen LogP contribution in [0.5, 0.6) is 5.88 Å². The van der Waals surface area contributed by atoms with E-state index >= 15 is 0 Å². The Balaban J connectivity index is 1.75. The first kappa shape index (κ1) is 16.7. The van der Waals surface area contributed by atoms with Gasteiger partial charge in [0, 0.05) is 35.9 Å². The molecule has 0 unspecified atom stereocenters. The predicted molar refractivity (Wildman–Crippen MR) is 106 cm³/mol. The van der Waals surface area contributed by atoms with Crippen LogP contribution in [-0.2, 0) is 0 Å². The summed E-state index contributed by atoms with van der Waals surface area (Å²) in [5, 5.41) is 12.6. The van der Waals surface area contributed by atoms with Gasteiger partial charge in [-0.1, -0.05) is 0 Å². The van der Waals surface area contributed by atoms with E-state index in [1.165, 1.54) is 18.5 Å². The van der Waals surface area contributed by atoms with Crippen LogP contribution in [0, 0.1) is 6.92 Å². The van der Waals surface area contributed by atoms with Crippen LogP contribution in [0.25, 0.3) is 10.8 Å². The number of anilines is 3. The Morgan fingerprint density at radius 3 is 2.62 bits per heavy atom. The quantitative estimate of drug-likeness (QED) is 0.713. The lowest BCUT2D eigenvalue weighted by Gasteiger charge is -2.19. The average molecular weight is 351 g/mol. The van der Waals surface area contributed by atoms with Crippen LogP contribution < -0.4 is 15.0 Å². The first-order chi connectivity index (χ1) is 12.6. The number of aromatic nitrogens is 3. The van der Waals surface area contributed by atoms with Gasteiger partial charge in [0.2, 0.25) is 5.88 Å². The number of pyridine rings is 1. The molecule has 6 heteroatoms. The van der Waals surface area contributed by atoms with Crippen molar-refractivity contribution in [2.24, 2.45) is 0 Å². The van der Waals surface area contributed by atoms with E-state index in [0.29, 0.717) is 5.88 Å². The summed E-state index contributed by atoms with van der Waals surface area (Å²) in [6.45, 7) is 8.27. The molecule has 3 aromatic rings. The molecule has 0 atom stereocenters. The van der Waals surface area contributed by atoms with Crippen LogP contribution in [0.1, 0.15) is 32.4 Å². The van der Waals surface area contributed by atoms with Gasteiger partial charge in [-0.2, -0.15) is 10.1 Å². The second kappa shape index (κ2) is 6.86. The van der Waals surface area contributed by atoms with Crippen LogP contribution >= 0.6 is 0 Å². The first-order valence-electron chi connectivity index (χ1n) is 9.24. The monoisotopic (exact) mass is 351 g/mol. The first-order valence-corrected chi connectivity index (χ1v) is 9.24. The van der Waals surface area contributed by atoms with Gasteiger partial charge in [-0.25, -0.2) is 0 Å². The Bertz CT molecular complexity index is 912. The topological polar surface area (TPSA) is 66.1 Å². The average Bonchev–Trinajstić information content (AvgIpc) is 3.26. The van der Waals surface area contributed by atoms with Crippen molar-refractivity contribution in [3.8, 4) is 5.88 Å². The molecule has 2 N–H and O–H groups in total. The minimum Gasteiger partial charge on any atom is -0.474 e. The lowest BCUT2D eigenvalue weighted by molar-refractivity contribution is 0.236. The maximum atomic E-state index is 5.98. The Morgan fingerprint density at radius 2 is 1.92 bits per heavy atom. The molecule has 26 heavy (non-hydrogen) atoms. The highest BCUT2D eigenvalue weighted by atomic mass is 16.5. The summed E-state index contributed by atoms with van der Waals surface area (Å²) >= 11 is 0. The van der Waals surface area contributed by atoms with Crippen molar-refractivity contribution >= 4 is 28.1 Å². The van der Waals surface area contributed by atoms with Crippen LogP contribution in [-0.4, -0.2) is 34.4 Å². The van der Waals surface area contributed by atoms with Gasteiger partial charge in [-0.05, 0) is 63.3 Å². The third-order valence-corrected chi connectivity index (χ3v) is 4.56. The van der Waals surface area contributed by atoms with E-state index in [1.807, 2.05) is 26.8 Å². The highest BCUT2D eigenvalue weighted by Crippen LogP contribution is 2.32. The van der Waals surface area contributed by atoms with Crippen molar-refractivity contribution in [1.29, 1.82) is 0 Å². The zero-order valence-electron chi connectivity index (χ0n) is 15.5. The van der Waals surface area contributed by atoms with Crippen molar-refractivity contribution in [1.82, 2.24) is 15.2 Å². The largest absolute Gasteiger partial charge is 0.474 e. The van der Waals surface area contributed by atoms with Gasteiger partial charge in [0.1, 0.15) is 5.82 Å². The summed E-state index contributed by atoms with van der Waals surface area (Å²) < 4.78 is 5.98. The van der Waals surface area contributed by atoms with Gasteiger partial charge in [-0.3, -0.25) is 5.10 Å². The molecule has 0 saturated carbocycles. The number of ether oxygens (including phenoxy) is 1. The van der Waals surface area contributed by atoms with Crippen molar-refractivity contribution in [3.05, 3.63) is 36.0 Å². The molecule has 3 heterocycles. The number of nitrogens with one attached hydrogen (secondary N) is 2. The smallest absolute Gasteiger partial charge is 0.223 e. The third-order valence-electron chi connectivity index (χ3n) is 4.56. The summed E-state index contributed by atoms with van der Waals surface area (Å²) in [5.74, 6) is 2.14. The zero-order valence-corrected chi connectivity index (χ0v) is 15.5. The molecule has 1 saturated heterocycles. The number of hydrogen-bond acceptors (Lipinski definition) is 5. The zero-order chi connectivity index (χ0) is 18.1. The Labute approximate surface area is 153 Å². The SMILES string of the molecule is Cc1cc(Nc2cc3cc(N4CCCC4)ccc3c(OC(C)C)n2)n[nH]1. The lowest BCUT2D eigenvalue weighted by Crippen LogP contribution is -2.17. The molecule has 4 rings (SSSR count). The second-order valence-electron chi connectivity index (χ2n) is 7.14. The summed E-state index contributed by atoms with van der Waals surface area (Å²) in [6, 6.07) is 10.5. The minimum absolute atomic E-state index is 0.0619. The fraction of sp³-hybridized carbons (Fsp3) is 0.400. The molecule has 0 aliphatic carbocycles. The van der Waals surface area contributed by atoms with Crippen LogP contribution in [0.3, 0.4) is 0 Å². The van der Waals surface area contributed by atoms with Gasteiger partial charge in [0.05, 0.1) is 6.10 Å². The maximum absolute atomic E-state index is 5.98. The van der Waals surface area contributed by atoms with Crippen molar-refractivity contribution in [2.75, 3.05) is 23.3 Å². The van der Waals surface area contributed by atoms with Gasteiger partial charge >= 0.3 is 0 Å². The Morgan fingerprint density at radius 1 is 1.12 bits per heavy atom. The van der Waals surface area contributed by atoms with Gasteiger partial charge < -0.3 is 15.0 Å². The van der Waals surface area contributed by atoms with Gasteiger partial charge in [0.25, 0.3) is 0 Å². The number of fused-ring (bicyclic) bond motifs is 1. The maximum Gasteiger partial charge on any atom is 0.223 e. The second-order valence-corrected chi connectivity index (χ2v) is 7.14. The van der Waals surface area contributed by atoms with Crippen molar-refractivity contribution < 1.29 is 4.74 Å². The molecule has 2 aromatic heterocycles. The summed E-state index contributed by atoms with van der Waals surface area (Å²) in [5.41, 5.74) is 2.27. The fourth-order valence-corrected chi connectivity index (χ4v) is 3.38. The Hall–Kier alpha value is -2.76. The van der Waals surface area contributed by atoms with E-state index in [-0.39, 0.29) is 6.10 Å². The third kappa shape index (κ3) is 3.45. The van der Waals surface area contributed by atoms with E-state index in [0.717, 1.165) is 41.2 Å². The molecule has 1 aliphatic heterocycles. The number of aromatic amines is 1.